The summed E-state index contributed by atoms with van der Waals surface area (Å²) in [7, 11) is -1.27. The van der Waals surface area contributed by atoms with Gasteiger partial charge in [0.2, 0.25) is 5.91 Å². The number of esters is 1. The van der Waals surface area contributed by atoms with E-state index in [0.29, 0.717) is 0 Å². The van der Waals surface area contributed by atoms with Crippen molar-refractivity contribution in [1.29, 1.82) is 0 Å². The number of nitrogens with two attached hydrogens (primary N) is 1. The first-order chi connectivity index (χ1) is 13.4. The minimum atomic E-state index is -4.04. The highest BCUT2D eigenvalue weighted by Crippen LogP contribution is 2.47. The van der Waals surface area contributed by atoms with Crippen molar-refractivity contribution in [3.8, 4) is 0 Å². The molecular weight excluding hydrogens is 425 g/mol. The first kappa shape index (κ1) is 25.8. The van der Waals surface area contributed by atoms with Gasteiger partial charge in [-0.05, 0) is 0 Å². The van der Waals surface area contributed by atoms with Gasteiger partial charge in [0, 0.05) is 21.1 Å². The van der Waals surface area contributed by atoms with Gasteiger partial charge in [0.15, 0.2) is 6.17 Å². The summed E-state index contributed by atoms with van der Waals surface area (Å²) in [5, 5.41) is 22.7. The van der Waals surface area contributed by atoms with Crippen molar-refractivity contribution in [3.63, 3.8) is 0 Å². The second-order valence-electron chi connectivity index (χ2n) is 6.09. The summed E-state index contributed by atoms with van der Waals surface area (Å²) < 4.78 is 63.9. The lowest BCUT2D eigenvalue weighted by atomic mass is 9.86. The van der Waals surface area contributed by atoms with Gasteiger partial charge < -0.3 is 30.7 Å². The number of halogens is 2. The van der Waals surface area contributed by atoms with E-state index >= 15 is 0 Å². The monoisotopic (exact) mass is 450 g/mol. The fourth-order valence-corrected chi connectivity index (χ4v) is 3.34. The maximum absolute atomic E-state index is 14.9. The van der Waals surface area contributed by atoms with Crippen LogP contribution in [-0.2, 0) is 37.2 Å². The molecule has 0 radical (unpaired) electrons. The van der Waals surface area contributed by atoms with Gasteiger partial charge in [0.05, 0.1) is 25.8 Å². The number of ether oxygens (including phenoxy) is 2. The van der Waals surface area contributed by atoms with Crippen LogP contribution in [0.15, 0.2) is 0 Å². The second-order valence-corrected chi connectivity index (χ2v) is 7.97. The Labute approximate surface area is 165 Å². The predicted molar refractivity (Wildman–Crippen MR) is 90.8 cm³/mol. The molecule has 0 aliphatic carbocycles. The van der Waals surface area contributed by atoms with E-state index in [2.05, 4.69) is 19.1 Å². The molecule has 1 rings (SSSR count). The lowest BCUT2D eigenvalue weighted by Crippen LogP contribution is -2.73. The first-order valence-corrected chi connectivity index (χ1v) is 9.67. The molecular formula is C14H25F2N2O10P. The number of phosphoric ester groups is 1. The van der Waals surface area contributed by atoms with Crippen LogP contribution in [0, 0.1) is 0 Å². The minimum Gasteiger partial charge on any atom is -0.465 e. The van der Waals surface area contributed by atoms with Crippen LogP contribution in [0.2, 0.25) is 0 Å². The van der Waals surface area contributed by atoms with E-state index in [4.69, 9.17) is 15.0 Å². The molecule has 0 saturated carbocycles. The van der Waals surface area contributed by atoms with Crippen molar-refractivity contribution in [1.82, 2.24) is 5.32 Å². The molecule has 1 heterocycles. The van der Waals surface area contributed by atoms with Crippen molar-refractivity contribution >= 4 is 19.7 Å². The van der Waals surface area contributed by atoms with E-state index in [1.54, 1.807) is 0 Å². The fourth-order valence-electron chi connectivity index (χ4n) is 2.65. The van der Waals surface area contributed by atoms with Crippen LogP contribution in [0.5, 0.6) is 0 Å². The van der Waals surface area contributed by atoms with Crippen molar-refractivity contribution in [2.24, 2.45) is 5.73 Å². The Hall–Kier alpha value is -1.25. The summed E-state index contributed by atoms with van der Waals surface area (Å²) in [6.45, 7) is 0.173. The highest BCUT2D eigenvalue weighted by molar-refractivity contribution is 7.48. The molecule has 0 aromatic carbocycles. The number of amides is 1. The maximum atomic E-state index is 14.9. The van der Waals surface area contributed by atoms with E-state index in [1.807, 2.05) is 0 Å². The molecule has 12 nitrogen and oxygen atoms in total. The molecule has 29 heavy (non-hydrogen) atoms. The lowest BCUT2D eigenvalue weighted by Gasteiger charge is -2.46. The van der Waals surface area contributed by atoms with E-state index in [9.17, 15) is 33.1 Å². The number of rotatable bonds is 9. The SMILES string of the molecule is COC(=O)[C@]1(F)O[C@@H]([C@H](O)[C@H](O)COP(=O)(OC)OC)[C@H](NC(C)=O)[C@@H](N)[C@H]1F. The standard InChI is InChI=1S/C14H25F2N2O10P/c1-6(19)18-9-8(17)12(15)14(16,13(22)24-2)28-11(9)10(21)7(20)5-27-29(23,25-3)26-4/h7-12,20-21H,5,17H2,1-4H3,(H,18,19)/t7-,8-,9-,10-,11-,12-,14-/m1/s1. The summed E-state index contributed by atoms with van der Waals surface area (Å²) in [5.74, 6) is -6.23. The molecule has 1 fully saturated rings. The van der Waals surface area contributed by atoms with Crippen LogP contribution in [0.4, 0.5) is 8.78 Å². The third-order valence-corrected chi connectivity index (χ3v) is 5.54. The molecule has 1 aliphatic rings. The zero-order valence-corrected chi connectivity index (χ0v) is 17.0. The molecule has 5 N–H and O–H groups in total. The van der Waals surface area contributed by atoms with Crippen molar-refractivity contribution < 1.29 is 56.2 Å². The highest BCUT2D eigenvalue weighted by Gasteiger charge is 2.62. The average molecular weight is 450 g/mol. The fraction of sp³-hybridized carbons (Fsp3) is 0.857. The number of hydrogen-bond donors (Lipinski definition) is 4. The normalized spacial score (nSPS) is 32.3. The Morgan fingerprint density at radius 2 is 1.86 bits per heavy atom. The van der Waals surface area contributed by atoms with Crippen molar-refractivity contribution in [2.45, 2.75) is 49.3 Å². The van der Waals surface area contributed by atoms with E-state index in [0.717, 1.165) is 28.3 Å². The Morgan fingerprint density at radius 3 is 2.31 bits per heavy atom. The topological polar surface area (TPSA) is 176 Å². The van der Waals surface area contributed by atoms with Gasteiger partial charge >= 0.3 is 19.6 Å². The number of alkyl halides is 2. The van der Waals surface area contributed by atoms with Gasteiger partial charge in [-0.25, -0.2) is 13.8 Å². The van der Waals surface area contributed by atoms with Crippen LogP contribution in [0.3, 0.4) is 0 Å². The number of carbonyl (C=O) groups excluding carboxylic acids is 2. The molecule has 0 spiro atoms. The summed E-state index contributed by atoms with van der Waals surface area (Å²) in [4.78, 5) is 23.1. The number of phosphoric acid groups is 1. The van der Waals surface area contributed by atoms with Crippen LogP contribution in [0.1, 0.15) is 6.92 Å². The van der Waals surface area contributed by atoms with Crippen LogP contribution < -0.4 is 11.1 Å². The molecule has 1 aliphatic heterocycles. The summed E-state index contributed by atoms with van der Waals surface area (Å²) in [6, 6.07) is -3.43. The molecule has 1 saturated heterocycles. The van der Waals surface area contributed by atoms with Crippen molar-refractivity contribution in [2.75, 3.05) is 27.9 Å². The molecule has 7 atom stereocenters. The molecule has 15 heteroatoms. The molecule has 1 amide bonds. The Morgan fingerprint density at radius 1 is 1.31 bits per heavy atom. The van der Waals surface area contributed by atoms with Gasteiger partial charge in [0.1, 0.15) is 18.3 Å². The first-order valence-electron chi connectivity index (χ1n) is 8.21. The van der Waals surface area contributed by atoms with Gasteiger partial charge in [-0.1, -0.05) is 0 Å². The zero-order valence-electron chi connectivity index (χ0n) is 16.1. The predicted octanol–water partition coefficient (Wildman–Crippen LogP) is -1.47. The number of hydrogen-bond acceptors (Lipinski definition) is 11. The average Bonchev–Trinajstić information content (AvgIpc) is 2.70. The van der Waals surface area contributed by atoms with Gasteiger partial charge in [-0.15, -0.1) is 0 Å². The number of aliphatic hydroxyl groups excluding tert-OH is 2. The molecule has 170 valence electrons. The Balaban J connectivity index is 3.14. The summed E-state index contributed by atoms with van der Waals surface area (Å²) in [5.41, 5.74) is 5.63. The maximum Gasteiger partial charge on any atom is 0.474 e. The molecule has 0 aromatic rings. The number of nitrogens with one attached hydrogen (secondary N) is 1. The Bertz CT molecular complexity index is 636. The largest absolute Gasteiger partial charge is 0.474 e. The second kappa shape index (κ2) is 10.2. The summed E-state index contributed by atoms with van der Waals surface area (Å²) >= 11 is 0. The quantitative estimate of drug-likeness (QED) is 0.238. The summed E-state index contributed by atoms with van der Waals surface area (Å²) in [6.07, 6.45) is -8.72. The van der Waals surface area contributed by atoms with Crippen LogP contribution in [-0.4, -0.2) is 92.4 Å². The molecule has 0 bridgehead atoms. The van der Waals surface area contributed by atoms with Crippen LogP contribution in [0.25, 0.3) is 0 Å². The zero-order chi connectivity index (χ0) is 22.6. The van der Waals surface area contributed by atoms with Gasteiger partial charge in [-0.2, -0.15) is 4.39 Å². The van der Waals surface area contributed by atoms with E-state index in [-0.39, 0.29) is 0 Å². The third-order valence-electron chi connectivity index (χ3n) is 4.18. The lowest BCUT2D eigenvalue weighted by molar-refractivity contribution is -0.277. The minimum absolute atomic E-state index is 0.739. The molecule has 0 unspecified atom stereocenters. The molecule has 0 aromatic heterocycles. The van der Waals surface area contributed by atoms with Gasteiger partial charge in [0.25, 0.3) is 0 Å². The van der Waals surface area contributed by atoms with Crippen LogP contribution >= 0.6 is 7.82 Å². The van der Waals surface area contributed by atoms with Gasteiger partial charge in [-0.3, -0.25) is 18.4 Å². The van der Waals surface area contributed by atoms with E-state index in [1.165, 1.54) is 0 Å². The highest BCUT2D eigenvalue weighted by atomic mass is 31.2. The third kappa shape index (κ3) is 5.67. The van der Waals surface area contributed by atoms with E-state index < -0.39 is 68.7 Å². The van der Waals surface area contributed by atoms with Crippen molar-refractivity contribution in [3.05, 3.63) is 0 Å². The number of carbonyl (C=O) groups is 2. The number of methoxy groups -OCH3 is 1. The smallest absolute Gasteiger partial charge is 0.465 e. The number of aliphatic hydroxyl groups is 2. The Kier molecular flexibility index (Phi) is 9.05.